The third-order valence-electron chi connectivity index (χ3n) is 3.41. The quantitative estimate of drug-likeness (QED) is 0.860. The third-order valence-corrected chi connectivity index (χ3v) is 3.41. The van der Waals surface area contributed by atoms with E-state index in [1.807, 2.05) is 17.7 Å². The zero-order chi connectivity index (χ0) is 11.8. The van der Waals surface area contributed by atoms with Gasteiger partial charge in [-0.25, -0.2) is 9.97 Å². The first-order chi connectivity index (χ1) is 8.28. The Morgan fingerprint density at radius 1 is 1.47 bits per heavy atom. The van der Waals surface area contributed by atoms with E-state index in [1.54, 1.807) is 12.5 Å². The molecular formula is C12H16N4O. The molecule has 2 aromatic rings. The zero-order valence-corrected chi connectivity index (χ0v) is 9.84. The second-order valence-corrected chi connectivity index (χ2v) is 4.65. The van der Waals surface area contributed by atoms with Gasteiger partial charge in [0.15, 0.2) is 5.52 Å². The Morgan fingerprint density at radius 3 is 3.06 bits per heavy atom. The monoisotopic (exact) mass is 232 g/mol. The molecule has 1 fully saturated rings. The van der Waals surface area contributed by atoms with E-state index in [-0.39, 0.29) is 6.10 Å². The van der Waals surface area contributed by atoms with Crippen LogP contribution in [0.2, 0.25) is 0 Å². The van der Waals surface area contributed by atoms with Crippen molar-refractivity contribution in [3.05, 3.63) is 18.6 Å². The van der Waals surface area contributed by atoms with Crippen LogP contribution in [0, 0.1) is 5.92 Å². The van der Waals surface area contributed by atoms with Gasteiger partial charge < -0.3 is 15.0 Å². The number of pyridine rings is 1. The summed E-state index contributed by atoms with van der Waals surface area (Å²) in [6, 6.07) is 1.94. The first-order valence-electron chi connectivity index (χ1n) is 5.90. The SMILES string of the molecule is Cn1cnc2c(OC3CC(CN)C3)nccc21. The Morgan fingerprint density at radius 2 is 2.29 bits per heavy atom. The van der Waals surface area contributed by atoms with Gasteiger partial charge in [-0.05, 0) is 31.4 Å². The molecule has 2 heterocycles. The number of nitrogens with two attached hydrogens (primary N) is 1. The molecule has 5 nitrogen and oxygen atoms in total. The lowest BCUT2D eigenvalue weighted by atomic mass is 9.82. The highest BCUT2D eigenvalue weighted by molar-refractivity contribution is 5.79. The Labute approximate surface area is 99.6 Å². The largest absolute Gasteiger partial charge is 0.473 e. The number of hydrogen-bond acceptors (Lipinski definition) is 4. The van der Waals surface area contributed by atoms with E-state index >= 15 is 0 Å². The maximum absolute atomic E-state index is 5.87. The molecule has 0 spiro atoms. The second-order valence-electron chi connectivity index (χ2n) is 4.65. The molecule has 1 aliphatic rings. The zero-order valence-electron chi connectivity index (χ0n) is 9.84. The molecule has 17 heavy (non-hydrogen) atoms. The molecule has 0 amide bonds. The number of ether oxygens (including phenoxy) is 1. The summed E-state index contributed by atoms with van der Waals surface area (Å²) in [5.74, 6) is 1.26. The van der Waals surface area contributed by atoms with E-state index in [9.17, 15) is 0 Å². The van der Waals surface area contributed by atoms with Crippen LogP contribution in [-0.2, 0) is 7.05 Å². The van der Waals surface area contributed by atoms with Crippen molar-refractivity contribution < 1.29 is 4.74 Å². The van der Waals surface area contributed by atoms with Crippen LogP contribution in [0.1, 0.15) is 12.8 Å². The van der Waals surface area contributed by atoms with E-state index in [1.165, 1.54) is 0 Å². The minimum absolute atomic E-state index is 0.253. The number of imidazole rings is 1. The van der Waals surface area contributed by atoms with Crippen LogP contribution in [-0.4, -0.2) is 27.2 Å². The topological polar surface area (TPSA) is 66.0 Å². The average molecular weight is 232 g/mol. The molecule has 0 bridgehead atoms. The van der Waals surface area contributed by atoms with Crippen LogP contribution in [0.5, 0.6) is 5.88 Å². The van der Waals surface area contributed by atoms with Gasteiger partial charge in [0.25, 0.3) is 0 Å². The summed E-state index contributed by atoms with van der Waals surface area (Å²) in [6.45, 7) is 0.751. The highest BCUT2D eigenvalue weighted by Crippen LogP contribution is 2.31. The molecule has 0 atom stereocenters. The van der Waals surface area contributed by atoms with E-state index in [4.69, 9.17) is 10.5 Å². The lowest BCUT2D eigenvalue weighted by molar-refractivity contribution is 0.0662. The van der Waals surface area contributed by atoms with Crippen molar-refractivity contribution in [3.63, 3.8) is 0 Å². The van der Waals surface area contributed by atoms with Crippen molar-refractivity contribution in [1.82, 2.24) is 14.5 Å². The Bertz CT molecular complexity index is 530. The molecule has 5 heteroatoms. The number of aryl methyl sites for hydroxylation is 1. The van der Waals surface area contributed by atoms with Crippen LogP contribution < -0.4 is 10.5 Å². The molecule has 1 aliphatic carbocycles. The molecular weight excluding hydrogens is 216 g/mol. The van der Waals surface area contributed by atoms with Crippen LogP contribution in [0.3, 0.4) is 0 Å². The van der Waals surface area contributed by atoms with Crippen LogP contribution in [0.4, 0.5) is 0 Å². The van der Waals surface area contributed by atoms with Gasteiger partial charge in [0, 0.05) is 13.2 Å². The Hall–Kier alpha value is -1.62. The van der Waals surface area contributed by atoms with Gasteiger partial charge >= 0.3 is 0 Å². The van der Waals surface area contributed by atoms with Gasteiger partial charge in [-0.3, -0.25) is 0 Å². The number of hydrogen-bond donors (Lipinski definition) is 1. The van der Waals surface area contributed by atoms with E-state index in [2.05, 4.69) is 9.97 Å². The molecule has 0 saturated heterocycles. The van der Waals surface area contributed by atoms with Crippen LogP contribution >= 0.6 is 0 Å². The van der Waals surface area contributed by atoms with E-state index in [0.717, 1.165) is 30.4 Å². The predicted octanol–water partition coefficient (Wildman–Crippen LogP) is 1.08. The molecule has 2 N–H and O–H groups in total. The van der Waals surface area contributed by atoms with Gasteiger partial charge in [-0.15, -0.1) is 0 Å². The molecule has 2 aromatic heterocycles. The summed E-state index contributed by atoms with van der Waals surface area (Å²) >= 11 is 0. The van der Waals surface area contributed by atoms with Crippen molar-refractivity contribution in [1.29, 1.82) is 0 Å². The smallest absolute Gasteiger partial charge is 0.242 e. The van der Waals surface area contributed by atoms with Gasteiger partial charge in [0.2, 0.25) is 5.88 Å². The fourth-order valence-corrected chi connectivity index (χ4v) is 2.25. The van der Waals surface area contributed by atoms with Crippen LogP contribution in [0.15, 0.2) is 18.6 Å². The molecule has 90 valence electrons. The summed E-state index contributed by atoms with van der Waals surface area (Å²) in [5.41, 5.74) is 7.48. The highest BCUT2D eigenvalue weighted by Gasteiger charge is 2.30. The number of nitrogens with zero attached hydrogens (tertiary/aromatic N) is 3. The second kappa shape index (κ2) is 4.00. The van der Waals surface area contributed by atoms with Gasteiger partial charge in [-0.2, -0.15) is 0 Å². The summed E-state index contributed by atoms with van der Waals surface area (Å²) in [6.07, 6.45) is 5.85. The first kappa shape index (κ1) is 10.5. The summed E-state index contributed by atoms with van der Waals surface area (Å²) in [5, 5.41) is 0. The molecule has 0 radical (unpaired) electrons. The predicted molar refractivity (Wildman–Crippen MR) is 64.7 cm³/mol. The lowest BCUT2D eigenvalue weighted by Crippen LogP contribution is -2.37. The lowest BCUT2D eigenvalue weighted by Gasteiger charge is -2.34. The molecule has 0 aromatic carbocycles. The Kier molecular flexibility index (Phi) is 2.48. The first-order valence-corrected chi connectivity index (χ1v) is 5.90. The maximum Gasteiger partial charge on any atom is 0.242 e. The maximum atomic E-state index is 5.87. The van der Waals surface area contributed by atoms with Crippen molar-refractivity contribution in [2.45, 2.75) is 18.9 Å². The number of rotatable bonds is 3. The standard InChI is InChI=1S/C12H16N4O/c1-16-7-15-11-10(16)2-3-14-12(11)17-9-4-8(5-9)6-13/h2-3,7-9H,4-6,13H2,1H3. The van der Waals surface area contributed by atoms with E-state index < -0.39 is 0 Å². The van der Waals surface area contributed by atoms with Crippen LogP contribution in [0.25, 0.3) is 11.0 Å². The number of fused-ring (bicyclic) bond motifs is 1. The van der Waals surface area contributed by atoms with Gasteiger partial charge in [0.1, 0.15) is 6.10 Å². The summed E-state index contributed by atoms with van der Waals surface area (Å²) in [4.78, 5) is 8.58. The molecule has 3 rings (SSSR count). The fraction of sp³-hybridized carbons (Fsp3) is 0.500. The summed E-state index contributed by atoms with van der Waals surface area (Å²) < 4.78 is 7.83. The molecule has 0 unspecified atom stereocenters. The van der Waals surface area contributed by atoms with Gasteiger partial charge in [0.05, 0.1) is 11.8 Å². The highest BCUT2D eigenvalue weighted by atomic mass is 16.5. The third kappa shape index (κ3) is 1.76. The summed E-state index contributed by atoms with van der Waals surface area (Å²) in [7, 11) is 1.97. The van der Waals surface area contributed by atoms with Gasteiger partial charge in [-0.1, -0.05) is 0 Å². The fourth-order valence-electron chi connectivity index (χ4n) is 2.25. The average Bonchev–Trinajstić information content (AvgIpc) is 2.66. The molecule has 0 aliphatic heterocycles. The number of aromatic nitrogens is 3. The Balaban J connectivity index is 1.81. The minimum Gasteiger partial charge on any atom is -0.473 e. The van der Waals surface area contributed by atoms with Crippen molar-refractivity contribution >= 4 is 11.0 Å². The van der Waals surface area contributed by atoms with Crippen molar-refractivity contribution in [3.8, 4) is 5.88 Å². The molecule has 1 saturated carbocycles. The minimum atomic E-state index is 0.253. The normalized spacial score (nSPS) is 23.6. The van der Waals surface area contributed by atoms with E-state index in [0.29, 0.717) is 11.8 Å². The van der Waals surface area contributed by atoms with Crippen molar-refractivity contribution in [2.75, 3.05) is 6.54 Å². The van der Waals surface area contributed by atoms with Crippen molar-refractivity contribution in [2.24, 2.45) is 18.7 Å².